The number of hydrogen-bond acceptors (Lipinski definition) is 5. The van der Waals surface area contributed by atoms with E-state index in [9.17, 15) is 19.8 Å². The average Bonchev–Trinajstić information content (AvgIpc) is 3.49. The normalized spacial score (nSPS) is 12.7. The average molecular weight is 1170 g/mol. The zero-order chi connectivity index (χ0) is 59.9. The molecule has 0 bridgehead atoms. The van der Waals surface area contributed by atoms with E-state index in [4.69, 9.17) is 4.74 Å². The number of esters is 1. The number of allylic oxidation sites excluding steroid dienone is 5. The summed E-state index contributed by atoms with van der Waals surface area (Å²) in [7, 11) is 0. The van der Waals surface area contributed by atoms with Gasteiger partial charge in [0.15, 0.2) is 0 Å². The van der Waals surface area contributed by atoms with Crippen molar-refractivity contribution < 1.29 is 24.5 Å². The number of rotatable bonds is 71. The van der Waals surface area contributed by atoms with Crippen molar-refractivity contribution in [1.82, 2.24) is 5.32 Å². The second-order valence-electron chi connectivity index (χ2n) is 26.0. The minimum Gasteiger partial charge on any atom is -0.466 e. The van der Waals surface area contributed by atoms with Gasteiger partial charge in [0.05, 0.1) is 25.4 Å². The van der Waals surface area contributed by atoms with Gasteiger partial charge in [-0.25, -0.2) is 0 Å². The van der Waals surface area contributed by atoms with Crippen LogP contribution in [0.15, 0.2) is 36.5 Å². The van der Waals surface area contributed by atoms with Crippen LogP contribution in [0, 0.1) is 0 Å². The first kappa shape index (κ1) is 81.1. The number of aliphatic hydroxyl groups is 2. The van der Waals surface area contributed by atoms with Crippen molar-refractivity contribution in [2.75, 3.05) is 13.2 Å². The molecular weight excluding hydrogens is 1020 g/mol. The van der Waals surface area contributed by atoms with Crippen molar-refractivity contribution in [3.05, 3.63) is 36.5 Å². The molecule has 0 aromatic carbocycles. The molecule has 6 heteroatoms. The highest BCUT2D eigenvalue weighted by atomic mass is 16.5. The third kappa shape index (κ3) is 69.1. The molecule has 6 nitrogen and oxygen atoms in total. The molecule has 3 N–H and O–H groups in total. The maximum Gasteiger partial charge on any atom is 0.305 e. The van der Waals surface area contributed by atoms with Crippen molar-refractivity contribution >= 4 is 11.9 Å². The summed E-state index contributed by atoms with van der Waals surface area (Å²) in [6.07, 6.45) is 93.8. The topological polar surface area (TPSA) is 95.9 Å². The van der Waals surface area contributed by atoms with Crippen LogP contribution in [0.4, 0.5) is 0 Å². The van der Waals surface area contributed by atoms with Crippen molar-refractivity contribution in [3.63, 3.8) is 0 Å². The van der Waals surface area contributed by atoms with Crippen LogP contribution in [0.2, 0.25) is 0 Å². The molecule has 0 saturated heterocycles. The van der Waals surface area contributed by atoms with E-state index in [1.165, 1.54) is 347 Å². The number of aliphatic hydroxyl groups excluding tert-OH is 2. The van der Waals surface area contributed by atoms with Crippen molar-refractivity contribution in [1.29, 1.82) is 0 Å². The number of hydrogen-bond donors (Lipinski definition) is 3. The molecule has 0 aliphatic heterocycles. The second kappa shape index (κ2) is 72.6. The Morgan fingerprint density at radius 1 is 0.325 bits per heavy atom. The molecule has 0 aromatic heterocycles. The first-order chi connectivity index (χ1) is 41.0. The van der Waals surface area contributed by atoms with Crippen LogP contribution in [0.1, 0.15) is 418 Å². The second-order valence-corrected chi connectivity index (χ2v) is 26.0. The Balaban J connectivity index is 3.41. The Morgan fingerprint density at radius 3 is 0.855 bits per heavy atom. The van der Waals surface area contributed by atoms with Crippen molar-refractivity contribution in [2.45, 2.75) is 431 Å². The molecule has 1 amide bonds. The van der Waals surface area contributed by atoms with E-state index >= 15 is 0 Å². The van der Waals surface area contributed by atoms with Gasteiger partial charge in [0.2, 0.25) is 5.91 Å². The first-order valence-electron chi connectivity index (χ1n) is 37.8. The highest BCUT2D eigenvalue weighted by Gasteiger charge is 2.18. The van der Waals surface area contributed by atoms with Gasteiger partial charge < -0.3 is 20.3 Å². The standard InChI is InChI=1S/C77H147NO5/c1-3-5-7-9-11-13-15-17-19-21-22-23-28-31-34-38-41-45-49-53-57-61-65-69-75(80)74(73-79)78-76(81)70-66-62-58-54-50-46-42-39-35-32-29-26-24-25-27-30-33-36-40-44-48-52-56-60-64-68-72-83-77(82)71-67-63-59-55-51-47-43-37-20-18-16-14-12-10-8-6-4-2/h18,20,24,26,65,69,74-75,79-80H,3-17,19,21-23,25,27-64,66-68,70-73H2,1-2H3,(H,78,81)/b20-18-,26-24-,69-65+. The van der Waals surface area contributed by atoms with Crippen LogP contribution < -0.4 is 5.32 Å². The number of nitrogens with one attached hydrogen (secondary N) is 1. The summed E-state index contributed by atoms with van der Waals surface area (Å²) in [6, 6.07) is -0.631. The molecule has 0 aliphatic rings. The molecule has 0 aromatic rings. The Kier molecular flexibility index (Phi) is 70.9. The highest BCUT2D eigenvalue weighted by Crippen LogP contribution is 2.19. The highest BCUT2D eigenvalue weighted by molar-refractivity contribution is 5.76. The minimum absolute atomic E-state index is 0.0113. The Labute approximate surface area is 519 Å². The van der Waals surface area contributed by atoms with Gasteiger partial charge in [0.25, 0.3) is 0 Å². The summed E-state index contributed by atoms with van der Waals surface area (Å²) in [4.78, 5) is 24.6. The number of amides is 1. The van der Waals surface area contributed by atoms with Crippen LogP contribution in [-0.2, 0) is 14.3 Å². The summed E-state index contributed by atoms with van der Waals surface area (Å²) < 4.78 is 5.50. The van der Waals surface area contributed by atoms with E-state index in [2.05, 4.69) is 43.5 Å². The summed E-state index contributed by atoms with van der Waals surface area (Å²) in [5.41, 5.74) is 0. The number of carbonyl (C=O) groups excluding carboxylic acids is 2. The molecule has 0 heterocycles. The van der Waals surface area contributed by atoms with Gasteiger partial charge in [0.1, 0.15) is 0 Å². The van der Waals surface area contributed by atoms with E-state index in [0.29, 0.717) is 19.4 Å². The van der Waals surface area contributed by atoms with E-state index in [1.54, 1.807) is 6.08 Å². The zero-order valence-electron chi connectivity index (χ0n) is 56.2. The molecule has 0 rings (SSSR count). The number of ether oxygens (including phenoxy) is 1. The Morgan fingerprint density at radius 2 is 0.566 bits per heavy atom. The lowest BCUT2D eigenvalue weighted by Gasteiger charge is -2.20. The molecule has 490 valence electrons. The summed E-state index contributed by atoms with van der Waals surface area (Å²) in [5, 5.41) is 23.3. The van der Waals surface area contributed by atoms with Crippen LogP contribution in [0.3, 0.4) is 0 Å². The lowest BCUT2D eigenvalue weighted by Crippen LogP contribution is -2.45. The van der Waals surface area contributed by atoms with Crippen molar-refractivity contribution in [2.24, 2.45) is 0 Å². The number of carbonyl (C=O) groups is 2. The van der Waals surface area contributed by atoms with Gasteiger partial charge in [-0.1, -0.05) is 359 Å². The van der Waals surface area contributed by atoms with Gasteiger partial charge in [-0.2, -0.15) is 0 Å². The molecule has 0 saturated carbocycles. The largest absolute Gasteiger partial charge is 0.466 e. The fourth-order valence-electron chi connectivity index (χ4n) is 11.9. The van der Waals surface area contributed by atoms with Crippen molar-refractivity contribution in [3.8, 4) is 0 Å². The maximum absolute atomic E-state index is 12.5. The minimum atomic E-state index is -0.847. The number of unbranched alkanes of at least 4 members (excludes halogenated alkanes) is 56. The molecule has 0 aliphatic carbocycles. The van der Waals surface area contributed by atoms with E-state index in [1.807, 2.05) is 6.08 Å². The van der Waals surface area contributed by atoms with Crippen LogP contribution in [0.25, 0.3) is 0 Å². The van der Waals surface area contributed by atoms with Crippen LogP contribution in [0.5, 0.6) is 0 Å². The van der Waals surface area contributed by atoms with Gasteiger partial charge in [0, 0.05) is 12.8 Å². The first-order valence-corrected chi connectivity index (χ1v) is 37.8. The van der Waals surface area contributed by atoms with Gasteiger partial charge >= 0.3 is 5.97 Å². The lowest BCUT2D eigenvalue weighted by atomic mass is 10.0. The monoisotopic (exact) mass is 1170 g/mol. The molecule has 2 atom stereocenters. The van der Waals surface area contributed by atoms with Crippen LogP contribution in [-0.4, -0.2) is 47.4 Å². The van der Waals surface area contributed by atoms with E-state index in [0.717, 1.165) is 44.9 Å². The fourth-order valence-corrected chi connectivity index (χ4v) is 11.9. The quantitative estimate of drug-likeness (QED) is 0.0320. The van der Waals surface area contributed by atoms with Gasteiger partial charge in [-0.3, -0.25) is 9.59 Å². The Hall–Kier alpha value is -1.92. The Bertz CT molecular complexity index is 1340. The molecule has 83 heavy (non-hydrogen) atoms. The third-order valence-corrected chi connectivity index (χ3v) is 17.6. The molecule has 0 radical (unpaired) electrons. The van der Waals surface area contributed by atoms with Gasteiger partial charge in [-0.15, -0.1) is 0 Å². The van der Waals surface area contributed by atoms with Gasteiger partial charge in [-0.05, 0) is 83.5 Å². The molecule has 2 unspecified atom stereocenters. The van der Waals surface area contributed by atoms with Crippen LogP contribution >= 0.6 is 0 Å². The predicted octanol–water partition coefficient (Wildman–Crippen LogP) is 24.7. The molecule has 0 spiro atoms. The smallest absolute Gasteiger partial charge is 0.305 e. The molecular formula is C77H147NO5. The maximum atomic E-state index is 12.5. The fraction of sp³-hybridized carbons (Fsp3) is 0.896. The zero-order valence-corrected chi connectivity index (χ0v) is 56.2. The van der Waals surface area contributed by atoms with E-state index in [-0.39, 0.29) is 18.5 Å². The third-order valence-electron chi connectivity index (χ3n) is 17.6. The lowest BCUT2D eigenvalue weighted by molar-refractivity contribution is -0.143. The summed E-state index contributed by atoms with van der Waals surface area (Å²) in [5.74, 6) is -0.0543. The molecule has 0 fully saturated rings. The SMILES string of the molecule is CCCCCCCC/C=C\CCCCCCCCCC(=O)OCCCCCCCCCCCCCC/C=C\CCCCCCCCCCCCC(=O)NC(CO)C(O)/C=C/CCCCCCCCCCCCCCCCCCCCCCC. The summed E-state index contributed by atoms with van der Waals surface area (Å²) >= 11 is 0. The van der Waals surface area contributed by atoms with E-state index < -0.39 is 12.1 Å². The predicted molar refractivity (Wildman–Crippen MR) is 366 cm³/mol. The summed E-state index contributed by atoms with van der Waals surface area (Å²) in [6.45, 7) is 4.94.